The average Bonchev–Trinajstić information content (AvgIpc) is 2.47. The number of hydrogen-bond donors (Lipinski definition) is 2. The summed E-state index contributed by atoms with van der Waals surface area (Å²) in [6, 6.07) is 2.21. The summed E-state index contributed by atoms with van der Waals surface area (Å²) in [5.74, 6) is 0. The molecular formula is C8H12ClNOS. The molecule has 1 aromatic rings. The van der Waals surface area contributed by atoms with Crippen molar-refractivity contribution in [3.8, 4) is 0 Å². The molecule has 0 aliphatic rings. The van der Waals surface area contributed by atoms with Crippen LogP contribution in [0.3, 0.4) is 0 Å². The zero-order valence-corrected chi connectivity index (χ0v) is 8.45. The Labute approximate surface area is 81.2 Å². The third-order valence-electron chi connectivity index (χ3n) is 1.65. The lowest BCUT2D eigenvalue weighted by Crippen LogP contribution is -2.21. The van der Waals surface area contributed by atoms with E-state index in [0.29, 0.717) is 6.54 Å². The molecule has 0 fully saturated rings. The molecule has 0 spiro atoms. The second kappa shape index (κ2) is 4.82. The van der Waals surface area contributed by atoms with E-state index in [2.05, 4.69) is 5.32 Å². The van der Waals surface area contributed by atoms with Gasteiger partial charge < -0.3 is 10.4 Å². The molecule has 0 amide bonds. The first-order chi connectivity index (χ1) is 5.74. The Bertz CT molecular complexity index is 239. The van der Waals surface area contributed by atoms with Gasteiger partial charge in [0.25, 0.3) is 0 Å². The molecule has 2 N–H and O–H groups in total. The first kappa shape index (κ1) is 9.99. The van der Waals surface area contributed by atoms with Crippen LogP contribution in [0.4, 0.5) is 0 Å². The molecule has 12 heavy (non-hydrogen) atoms. The molecule has 68 valence electrons. The topological polar surface area (TPSA) is 32.3 Å². The monoisotopic (exact) mass is 205 g/mol. The van der Waals surface area contributed by atoms with Crippen LogP contribution >= 0.6 is 22.9 Å². The van der Waals surface area contributed by atoms with Crippen LogP contribution in [-0.4, -0.2) is 18.3 Å². The van der Waals surface area contributed by atoms with E-state index in [1.54, 1.807) is 0 Å². The maximum absolute atomic E-state index is 8.58. The highest BCUT2D eigenvalue weighted by atomic mass is 35.5. The summed E-state index contributed by atoms with van der Waals surface area (Å²) in [4.78, 5) is 0. The van der Waals surface area contributed by atoms with Gasteiger partial charge in [-0.3, -0.25) is 0 Å². The van der Waals surface area contributed by atoms with Crippen molar-refractivity contribution in [2.75, 3.05) is 13.2 Å². The van der Waals surface area contributed by atoms with Gasteiger partial charge in [-0.2, -0.15) is 0 Å². The molecule has 1 unspecified atom stereocenters. The van der Waals surface area contributed by atoms with Crippen LogP contribution in [0.1, 0.15) is 18.5 Å². The molecule has 1 atom stereocenters. The summed E-state index contributed by atoms with van der Waals surface area (Å²) in [6.07, 6.45) is 0. The Balaban J connectivity index is 2.47. The molecule has 0 radical (unpaired) electrons. The molecule has 2 nitrogen and oxygen atoms in total. The summed E-state index contributed by atoms with van der Waals surface area (Å²) < 4.78 is 0.808. The highest BCUT2D eigenvalue weighted by molar-refractivity contribution is 7.14. The molecular weight excluding hydrogens is 194 g/mol. The largest absolute Gasteiger partial charge is 0.395 e. The fraction of sp³-hybridized carbons (Fsp3) is 0.500. The number of rotatable bonds is 4. The van der Waals surface area contributed by atoms with Gasteiger partial charge in [0.05, 0.1) is 10.9 Å². The zero-order valence-electron chi connectivity index (χ0n) is 6.88. The van der Waals surface area contributed by atoms with Crippen molar-refractivity contribution in [3.05, 3.63) is 21.3 Å². The second-order valence-electron chi connectivity index (χ2n) is 2.58. The smallest absolute Gasteiger partial charge is 0.0931 e. The van der Waals surface area contributed by atoms with Gasteiger partial charge in [0, 0.05) is 12.6 Å². The Morgan fingerprint density at radius 1 is 1.75 bits per heavy atom. The molecule has 0 aliphatic carbocycles. The Kier molecular flexibility index (Phi) is 4.01. The maximum atomic E-state index is 8.58. The van der Waals surface area contributed by atoms with Crippen LogP contribution < -0.4 is 5.32 Å². The first-order valence-corrected chi connectivity index (χ1v) is 5.08. The number of thiophene rings is 1. The highest BCUT2D eigenvalue weighted by Crippen LogP contribution is 2.24. The fourth-order valence-corrected chi connectivity index (χ4v) is 1.93. The third-order valence-corrected chi connectivity index (χ3v) is 2.76. The van der Waals surface area contributed by atoms with Gasteiger partial charge in [-0.15, -0.1) is 11.3 Å². The molecule has 0 bridgehead atoms. The van der Waals surface area contributed by atoms with E-state index in [-0.39, 0.29) is 12.6 Å². The summed E-state index contributed by atoms with van der Waals surface area (Å²) in [5, 5.41) is 13.8. The van der Waals surface area contributed by atoms with Crippen molar-refractivity contribution in [2.45, 2.75) is 13.0 Å². The van der Waals surface area contributed by atoms with Crippen molar-refractivity contribution >= 4 is 22.9 Å². The number of aliphatic hydroxyl groups is 1. The van der Waals surface area contributed by atoms with E-state index in [1.807, 2.05) is 18.4 Å². The molecule has 0 aliphatic heterocycles. The summed E-state index contributed by atoms with van der Waals surface area (Å²) in [7, 11) is 0. The average molecular weight is 206 g/mol. The number of nitrogens with one attached hydrogen (secondary N) is 1. The molecule has 4 heteroatoms. The fourth-order valence-electron chi connectivity index (χ4n) is 0.949. The molecule has 0 aromatic carbocycles. The van der Waals surface area contributed by atoms with E-state index in [4.69, 9.17) is 16.7 Å². The normalized spacial score (nSPS) is 13.2. The maximum Gasteiger partial charge on any atom is 0.0931 e. The van der Waals surface area contributed by atoms with E-state index in [0.717, 1.165) is 4.34 Å². The van der Waals surface area contributed by atoms with Gasteiger partial charge in [0.1, 0.15) is 0 Å². The third kappa shape index (κ3) is 2.75. The minimum Gasteiger partial charge on any atom is -0.395 e. The van der Waals surface area contributed by atoms with Crippen molar-refractivity contribution < 1.29 is 5.11 Å². The van der Waals surface area contributed by atoms with E-state index in [1.165, 1.54) is 16.9 Å². The molecule has 0 saturated carbocycles. The van der Waals surface area contributed by atoms with E-state index >= 15 is 0 Å². The second-order valence-corrected chi connectivity index (χ2v) is 4.13. The zero-order chi connectivity index (χ0) is 8.97. The minimum atomic E-state index is 0.169. The van der Waals surface area contributed by atoms with Crippen molar-refractivity contribution in [1.29, 1.82) is 0 Å². The number of aliphatic hydroxyl groups excluding tert-OH is 1. The van der Waals surface area contributed by atoms with Gasteiger partial charge in [0.2, 0.25) is 0 Å². The highest BCUT2D eigenvalue weighted by Gasteiger charge is 2.05. The van der Waals surface area contributed by atoms with Crippen LogP contribution in [0.25, 0.3) is 0 Å². The van der Waals surface area contributed by atoms with Gasteiger partial charge in [0.15, 0.2) is 0 Å². The van der Waals surface area contributed by atoms with Gasteiger partial charge in [-0.05, 0) is 23.9 Å². The predicted molar refractivity (Wildman–Crippen MR) is 52.8 cm³/mol. The van der Waals surface area contributed by atoms with Gasteiger partial charge in [-0.1, -0.05) is 11.6 Å². The lowest BCUT2D eigenvalue weighted by atomic mass is 10.2. The Hall–Kier alpha value is -0.0900. The lowest BCUT2D eigenvalue weighted by Gasteiger charge is -2.10. The standard InChI is InChI=1S/C8H12ClNOS/c1-6(10-2-3-11)7-4-8(9)12-5-7/h4-6,10-11H,2-3H2,1H3. The predicted octanol–water partition coefficient (Wildman–Crippen LogP) is 2.04. The number of halogens is 1. The Morgan fingerprint density at radius 2 is 2.50 bits per heavy atom. The van der Waals surface area contributed by atoms with Crippen molar-refractivity contribution in [2.24, 2.45) is 0 Å². The quantitative estimate of drug-likeness (QED) is 0.789. The van der Waals surface area contributed by atoms with Crippen molar-refractivity contribution in [3.63, 3.8) is 0 Å². The summed E-state index contributed by atoms with van der Waals surface area (Å²) in [5.41, 5.74) is 1.18. The van der Waals surface area contributed by atoms with Gasteiger partial charge >= 0.3 is 0 Å². The van der Waals surface area contributed by atoms with Crippen molar-refractivity contribution in [1.82, 2.24) is 5.32 Å². The van der Waals surface area contributed by atoms with Crippen LogP contribution in [-0.2, 0) is 0 Å². The van der Waals surface area contributed by atoms with E-state index < -0.39 is 0 Å². The SMILES string of the molecule is CC(NCCO)c1csc(Cl)c1. The van der Waals surface area contributed by atoms with Crippen LogP contribution in [0.15, 0.2) is 11.4 Å². The van der Waals surface area contributed by atoms with Crippen LogP contribution in [0.5, 0.6) is 0 Å². The molecule has 1 rings (SSSR count). The lowest BCUT2D eigenvalue weighted by molar-refractivity contribution is 0.286. The minimum absolute atomic E-state index is 0.169. The van der Waals surface area contributed by atoms with Crippen LogP contribution in [0, 0.1) is 0 Å². The van der Waals surface area contributed by atoms with E-state index in [9.17, 15) is 0 Å². The molecule has 1 aromatic heterocycles. The van der Waals surface area contributed by atoms with Gasteiger partial charge in [-0.25, -0.2) is 0 Å². The first-order valence-electron chi connectivity index (χ1n) is 3.82. The summed E-state index contributed by atoms with van der Waals surface area (Å²) >= 11 is 7.31. The number of hydrogen-bond acceptors (Lipinski definition) is 3. The molecule has 0 saturated heterocycles. The molecule has 1 heterocycles. The summed E-state index contributed by atoms with van der Waals surface area (Å²) in [6.45, 7) is 2.84. The Morgan fingerprint density at radius 3 is 3.00 bits per heavy atom. The van der Waals surface area contributed by atoms with Crippen LogP contribution in [0.2, 0.25) is 4.34 Å².